The molecule has 1 aromatic heterocycles. The number of aromatic nitrogens is 1. The molecule has 0 saturated heterocycles. The minimum absolute atomic E-state index is 0.111. The van der Waals surface area contributed by atoms with Crippen LogP contribution in [0.4, 0.5) is 4.39 Å². The van der Waals surface area contributed by atoms with Crippen LogP contribution in [0, 0.1) is 5.82 Å². The van der Waals surface area contributed by atoms with Crippen LogP contribution in [0.2, 0.25) is 0 Å². The molecule has 0 unspecified atom stereocenters. The van der Waals surface area contributed by atoms with Gasteiger partial charge in [0.15, 0.2) is 5.58 Å². The first-order valence-electron chi connectivity index (χ1n) is 7.73. The molecular weight excluding hydrogens is 311 g/mol. The molecule has 0 aliphatic carbocycles. The summed E-state index contributed by atoms with van der Waals surface area (Å²) in [7, 11) is 0. The molecule has 0 saturated carbocycles. The van der Waals surface area contributed by atoms with Crippen LogP contribution >= 0.6 is 0 Å². The number of hydrogen-bond donors (Lipinski definition) is 1. The number of aryl methyl sites for hydroxylation is 1. The highest BCUT2D eigenvalue weighted by molar-refractivity contribution is 5.76. The Hall–Kier alpha value is -2.89. The monoisotopic (exact) mass is 328 g/mol. The fourth-order valence-corrected chi connectivity index (χ4v) is 2.51. The molecule has 1 amide bonds. The van der Waals surface area contributed by atoms with Crippen molar-refractivity contribution in [2.24, 2.45) is 0 Å². The maximum absolute atomic E-state index is 12.8. The normalized spacial score (nSPS) is 10.9. The molecular formula is C18H17FN2O3. The lowest BCUT2D eigenvalue weighted by molar-refractivity contribution is -0.121. The molecule has 124 valence electrons. The lowest BCUT2D eigenvalue weighted by Crippen LogP contribution is -2.23. The van der Waals surface area contributed by atoms with E-state index in [-0.39, 0.29) is 11.7 Å². The molecule has 1 N–H and O–H groups in total. The average Bonchev–Trinajstić information content (AvgIpc) is 2.90. The molecule has 0 atom stereocenters. The Morgan fingerprint density at radius 3 is 2.67 bits per heavy atom. The average molecular weight is 328 g/mol. The van der Waals surface area contributed by atoms with Crippen LogP contribution in [-0.2, 0) is 17.9 Å². The number of carbonyl (C=O) groups is 1. The van der Waals surface area contributed by atoms with Crippen molar-refractivity contribution in [1.82, 2.24) is 9.88 Å². The molecule has 6 heteroatoms. The minimum atomic E-state index is -0.414. The van der Waals surface area contributed by atoms with E-state index in [9.17, 15) is 14.0 Å². The first-order chi connectivity index (χ1) is 11.6. The zero-order chi connectivity index (χ0) is 16.9. The van der Waals surface area contributed by atoms with E-state index in [1.54, 1.807) is 24.3 Å². The maximum Gasteiger partial charge on any atom is 0.419 e. The molecule has 24 heavy (non-hydrogen) atoms. The summed E-state index contributed by atoms with van der Waals surface area (Å²) < 4.78 is 19.5. The zero-order valence-electron chi connectivity index (χ0n) is 13.0. The first-order valence-corrected chi connectivity index (χ1v) is 7.73. The molecule has 0 aliphatic rings. The third-order valence-corrected chi connectivity index (χ3v) is 3.76. The van der Waals surface area contributed by atoms with Crippen LogP contribution in [0.5, 0.6) is 0 Å². The molecule has 0 radical (unpaired) electrons. The molecule has 0 fully saturated rings. The van der Waals surface area contributed by atoms with Crippen LogP contribution in [0.3, 0.4) is 0 Å². The molecule has 3 rings (SSSR count). The van der Waals surface area contributed by atoms with Crippen LogP contribution in [0.15, 0.2) is 57.7 Å². The number of hydrogen-bond acceptors (Lipinski definition) is 3. The summed E-state index contributed by atoms with van der Waals surface area (Å²) in [5, 5.41) is 2.78. The predicted octanol–water partition coefficient (Wildman–Crippen LogP) is 2.83. The molecule has 5 nitrogen and oxygen atoms in total. The van der Waals surface area contributed by atoms with E-state index >= 15 is 0 Å². The quantitative estimate of drug-likeness (QED) is 0.757. The smallest absolute Gasteiger partial charge is 0.408 e. The highest BCUT2D eigenvalue weighted by Gasteiger charge is 2.09. The number of nitrogens with zero attached hydrogens (tertiary/aromatic N) is 1. The number of para-hydroxylation sites is 2. The van der Waals surface area contributed by atoms with E-state index in [0.29, 0.717) is 31.5 Å². The van der Waals surface area contributed by atoms with Crippen molar-refractivity contribution in [1.29, 1.82) is 0 Å². The topological polar surface area (TPSA) is 64.2 Å². The van der Waals surface area contributed by atoms with Gasteiger partial charge in [0.2, 0.25) is 5.91 Å². The fraction of sp³-hybridized carbons (Fsp3) is 0.222. The SMILES string of the molecule is O=C(CCCn1c(=O)oc2ccccc21)NCc1ccc(F)cc1. The second-order valence-corrected chi connectivity index (χ2v) is 5.49. The van der Waals surface area contributed by atoms with E-state index in [4.69, 9.17) is 4.42 Å². The Kier molecular flexibility index (Phi) is 4.74. The second-order valence-electron chi connectivity index (χ2n) is 5.49. The number of carbonyl (C=O) groups excluding carboxylic acids is 1. The maximum atomic E-state index is 12.8. The molecule has 0 bridgehead atoms. The number of benzene rings is 2. The summed E-state index contributed by atoms with van der Waals surface area (Å²) in [4.78, 5) is 23.7. The summed E-state index contributed by atoms with van der Waals surface area (Å²) in [6.07, 6.45) is 0.825. The molecule has 0 aliphatic heterocycles. The van der Waals surface area contributed by atoms with Gasteiger partial charge in [-0.2, -0.15) is 0 Å². The number of rotatable bonds is 6. The van der Waals surface area contributed by atoms with Crippen LogP contribution in [-0.4, -0.2) is 10.5 Å². The Bertz CT molecular complexity index is 897. The first kappa shape index (κ1) is 16.0. The van der Waals surface area contributed by atoms with Crippen molar-refractivity contribution in [3.05, 3.63) is 70.5 Å². The van der Waals surface area contributed by atoms with Crippen molar-refractivity contribution >= 4 is 17.0 Å². The third kappa shape index (κ3) is 3.71. The second kappa shape index (κ2) is 7.12. The fourth-order valence-electron chi connectivity index (χ4n) is 2.51. The zero-order valence-corrected chi connectivity index (χ0v) is 13.0. The summed E-state index contributed by atoms with van der Waals surface area (Å²) in [6, 6.07) is 13.2. The van der Waals surface area contributed by atoms with Crippen molar-refractivity contribution in [3.63, 3.8) is 0 Å². The van der Waals surface area contributed by atoms with Gasteiger partial charge in [-0.25, -0.2) is 9.18 Å². The van der Waals surface area contributed by atoms with Gasteiger partial charge in [-0.05, 0) is 36.2 Å². The molecule has 1 heterocycles. The van der Waals surface area contributed by atoms with Crippen LogP contribution in [0.1, 0.15) is 18.4 Å². The van der Waals surface area contributed by atoms with Crippen molar-refractivity contribution < 1.29 is 13.6 Å². The largest absolute Gasteiger partial charge is 0.419 e. The highest BCUT2D eigenvalue weighted by Crippen LogP contribution is 2.12. The minimum Gasteiger partial charge on any atom is -0.408 e. The molecule has 3 aromatic rings. The number of fused-ring (bicyclic) bond motifs is 1. The van der Waals surface area contributed by atoms with Gasteiger partial charge in [-0.1, -0.05) is 24.3 Å². The van der Waals surface area contributed by atoms with Crippen LogP contribution < -0.4 is 11.1 Å². The number of nitrogens with one attached hydrogen (secondary N) is 1. The molecule has 0 spiro atoms. The van der Waals surface area contributed by atoms with Gasteiger partial charge in [-0.3, -0.25) is 9.36 Å². The lowest BCUT2D eigenvalue weighted by Gasteiger charge is -2.06. The third-order valence-electron chi connectivity index (χ3n) is 3.76. The van der Waals surface area contributed by atoms with Gasteiger partial charge >= 0.3 is 5.76 Å². The van der Waals surface area contributed by atoms with Crippen LogP contribution in [0.25, 0.3) is 11.1 Å². The van der Waals surface area contributed by atoms with E-state index in [0.717, 1.165) is 11.1 Å². The Labute approximate surface area is 137 Å². The van der Waals surface area contributed by atoms with Gasteiger partial charge in [0.25, 0.3) is 0 Å². The summed E-state index contributed by atoms with van der Waals surface area (Å²) in [5.41, 5.74) is 2.11. The van der Waals surface area contributed by atoms with E-state index in [1.165, 1.54) is 16.7 Å². The standard InChI is InChI=1S/C18H17FN2O3/c19-14-9-7-13(8-10-14)12-20-17(22)6-3-11-21-15-4-1-2-5-16(15)24-18(21)23/h1-2,4-5,7-10H,3,6,11-12H2,(H,20,22). The van der Waals surface area contributed by atoms with Gasteiger partial charge in [0.05, 0.1) is 5.52 Å². The van der Waals surface area contributed by atoms with Crippen molar-refractivity contribution in [2.45, 2.75) is 25.9 Å². The summed E-state index contributed by atoms with van der Waals surface area (Å²) in [5.74, 6) is -0.828. The van der Waals surface area contributed by atoms with Gasteiger partial charge in [-0.15, -0.1) is 0 Å². The van der Waals surface area contributed by atoms with Gasteiger partial charge < -0.3 is 9.73 Å². The molecule has 2 aromatic carbocycles. The number of amides is 1. The lowest BCUT2D eigenvalue weighted by atomic mass is 10.2. The van der Waals surface area contributed by atoms with E-state index in [1.807, 2.05) is 12.1 Å². The summed E-state index contributed by atoms with van der Waals surface area (Å²) >= 11 is 0. The predicted molar refractivity (Wildman–Crippen MR) is 88.0 cm³/mol. The van der Waals surface area contributed by atoms with Crippen molar-refractivity contribution in [2.75, 3.05) is 0 Å². The Morgan fingerprint density at radius 1 is 1.12 bits per heavy atom. The van der Waals surface area contributed by atoms with Gasteiger partial charge in [0, 0.05) is 19.5 Å². The van der Waals surface area contributed by atoms with E-state index in [2.05, 4.69) is 5.32 Å². The number of oxazole rings is 1. The Morgan fingerprint density at radius 2 is 1.88 bits per heavy atom. The number of halogens is 1. The van der Waals surface area contributed by atoms with Gasteiger partial charge in [0.1, 0.15) is 5.82 Å². The highest BCUT2D eigenvalue weighted by atomic mass is 19.1. The Balaban J connectivity index is 1.50. The van der Waals surface area contributed by atoms with Crippen molar-refractivity contribution in [3.8, 4) is 0 Å². The summed E-state index contributed by atoms with van der Waals surface area (Å²) in [6.45, 7) is 0.771. The van der Waals surface area contributed by atoms with E-state index < -0.39 is 5.76 Å².